The van der Waals surface area contributed by atoms with Crippen molar-refractivity contribution in [3.8, 4) is 0 Å². The van der Waals surface area contributed by atoms with E-state index in [2.05, 4.69) is 19.1 Å². The molecule has 2 rings (SSSR count). The molecular weight excluding hydrogens is 333 g/mol. The molecule has 0 nitrogen and oxygen atoms in total. The normalized spacial score (nSPS) is 21.4. The van der Waals surface area contributed by atoms with Gasteiger partial charge in [-0.3, -0.25) is 0 Å². The number of benzene rings is 1. The van der Waals surface area contributed by atoms with Crippen LogP contribution >= 0.6 is 0 Å². The summed E-state index contributed by atoms with van der Waals surface area (Å²) in [6.07, 6.45) is 10.7. The van der Waals surface area contributed by atoms with E-state index >= 15 is 0 Å². The van der Waals surface area contributed by atoms with Crippen LogP contribution in [0.2, 0.25) is 0 Å². The summed E-state index contributed by atoms with van der Waals surface area (Å²) in [6, 6.07) is 8.40. The van der Waals surface area contributed by atoms with E-state index < -0.39 is 12.6 Å². The van der Waals surface area contributed by atoms with E-state index in [1.807, 2.05) is 12.1 Å². The van der Waals surface area contributed by atoms with Crippen LogP contribution in [0.15, 0.2) is 30.3 Å². The van der Waals surface area contributed by atoms with E-state index in [0.717, 1.165) is 11.5 Å². The van der Waals surface area contributed by atoms with Crippen molar-refractivity contribution in [1.82, 2.24) is 0 Å². The van der Waals surface area contributed by atoms with Crippen LogP contribution in [0.5, 0.6) is 0 Å². The zero-order valence-electron chi connectivity index (χ0n) is 16.0. The summed E-state index contributed by atoms with van der Waals surface area (Å²) >= 11 is 0. The molecule has 0 bridgehead atoms. The number of halogens is 3. The maximum atomic E-state index is 12.1. The maximum Gasteiger partial charge on any atom is 0.389 e. The first kappa shape index (κ1) is 21.1. The van der Waals surface area contributed by atoms with Crippen molar-refractivity contribution in [2.45, 2.75) is 89.6 Å². The van der Waals surface area contributed by atoms with Gasteiger partial charge in [-0.25, -0.2) is 0 Å². The molecule has 3 heteroatoms. The molecule has 1 aliphatic carbocycles. The van der Waals surface area contributed by atoms with Crippen molar-refractivity contribution in [2.75, 3.05) is 0 Å². The van der Waals surface area contributed by atoms with Gasteiger partial charge in [0.05, 0.1) is 0 Å². The van der Waals surface area contributed by atoms with Crippen LogP contribution in [0, 0.1) is 5.92 Å². The molecule has 1 saturated carbocycles. The van der Waals surface area contributed by atoms with Crippen LogP contribution in [-0.2, 0) is 0 Å². The lowest BCUT2D eigenvalue weighted by molar-refractivity contribution is -0.133. The van der Waals surface area contributed by atoms with Crippen LogP contribution < -0.4 is 0 Å². The number of hydrogen-bond acceptors (Lipinski definition) is 0. The van der Waals surface area contributed by atoms with Crippen LogP contribution in [0.3, 0.4) is 0 Å². The molecule has 0 aliphatic heterocycles. The Labute approximate surface area is 156 Å². The fraction of sp³-hybridized carbons (Fsp3) is 0.652. The molecule has 0 amide bonds. The van der Waals surface area contributed by atoms with Crippen molar-refractivity contribution < 1.29 is 13.2 Å². The lowest BCUT2D eigenvalue weighted by atomic mass is 9.77. The zero-order valence-corrected chi connectivity index (χ0v) is 16.0. The van der Waals surface area contributed by atoms with Crippen molar-refractivity contribution >= 4 is 6.08 Å². The molecule has 0 heterocycles. The second-order valence-corrected chi connectivity index (χ2v) is 7.79. The number of unbranched alkanes of at least 4 members (excludes halogenated alkanes) is 3. The maximum absolute atomic E-state index is 12.1. The van der Waals surface area contributed by atoms with Crippen molar-refractivity contribution in [2.24, 2.45) is 5.92 Å². The van der Waals surface area contributed by atoms with Crippen LogP contribution in [0.4, 0.5) is 13.2 Å². The first-order valence-corrected chi connectivity index (χ1v) is 10.3. The summed E-state index contributed by atoms with van der Waals surface area (Å²) in [7, 11) is 0. The molecule has 0 N–H and O–H groups in total. The van der Waals surface area contributed by atoms with E-state index in [1.54, 1.807) is 12.2 Å². The van der Waals surface area contributed by atoms with Gasteiger partial charge in [-0.15, -0.1) is 0 Å². The third-order valence-corrected chi connectivity index (χ3v) is 5.63. The summed E-state index contributed by atoms with van der Waals surface area (Å²) in [5.41, 5.74) is 2.38. The quantitative estimate of drug-likeness (QED) is 0.386. The molecule has 0 aromatic heterocycles. The Morgan fingerprint density at radius 1 is 0.962 bits per heavy atom. The number of rotatable bonds is 9. The van der Waals surface area contributed by atoms with Gasteiger partial charge < -0.3 is 0 Å². The number of alkyl halides is 3. The molecule has 1 aromatic carbocycles. The van der Waals surface area contributed by atoms with Gasteiger partial charge in [0.25, 0.3) is 0 Å². The Morgan fingerprint density at radius 2 is 1.65 bits per heavy atom. The summed E-state index contributed by atoms with van der Waals surface area (Å²) in [5, 5.41) is 0. The Bertz CT molecular complexity index is 519. The lowest BCUT2D eigenvalue weighted by Crippen LogP contribution is -2.13. The molecule has 0 saturated heterocycles. The van der Waals surface area contributed by atoms with Crippen LogP contribution in [-0.4, -0.2) is 6.18 Å². The van der Waals surface area contributed by atoms with E-state index in [9.17, 15) is 13.2 Å². The Morgan fingerprint density at radius 3 is 2.27 bits per heavy atom. The fourth-order valence-electron chi connectivity index (χ4n) is 3.99. The third kappa shape index (κ3) is 7.97. The van der Waals surface area contributed by atoms with Crippen molar-refractivity contribution in [3.05, 3.63) is 41.5 Å². The molecule has 146 valence electrons. The molecule has 0 atom stereocenters. The number of hydrogen-bond donors (Lipinski definition) is 0. The topological polar surface area (TPSA) is 0 Å². The van der Waals surface area contributed by atoms with E-state index in [1.165, 1.54) is 63.4 Å². The second-order valence-electron chi connectivity index (χ2n) is 7.79. The Balaban J connectivity index is 1.73. The molecule has 26 heavy (non-hydrogen) atoms. The first-order chi connectivity index (χ1) is 12.5. The monoisotopic (exact) mass is 366 g/mol. The van der Waals surface area contributed by atoms with Crippen LogP contribution in [0.1, 0.15) is 94.6 Å². The van der Waals surface area contributed by atoms with Crippen molar-refractivity contribution in [3.63, 3.8) is 0 Å². The average molecular weight is 367 g/mol. The SMILES string of the molecule is CCCCCC[C@H]1CC[C@H](c2ccc(/C=C/CCC(F)(F)F)cc2)CC1. The first-order valence-electron chi connectivity index (χ1n) is 10.3. The Hall–Kier alpha value is -1.25. The van der Waals surface area contributed by atoms with Gasteiger partial charge in [-0.05, 0) is 55.1 Å². The zero-order chi connectivity index (χ0) is 18.8. The standard InChI is InChI=1S/C23H33F3/c1-2-3-4-5-8-19-10-14-21(15-11-19)22-16-12-20(13-17-22)9-6-7-18-23(24,25)26/h6,9,12-13,16-17,19,21H,2-5,7-8,10-11,14-15,18H2,1H3/b9-6+/t19-,21-. The van der Waals surface area contributed by atoms with Crippen LogP contribution in [0.25, 0.3) is 6.08 Å². The van der Waals surface area contributed by atoms with E-state index in [4.69, 9.17) is 0 Å². The van der Waals surface area contributed by atoms with Gasteiger partial charge in [0.1, 0.15) is 0 Å². The number of allylic oxidation sites excluding steroid dienone is 1. The highest BCUT2D eigenvalue weighted by atomic mass is 19.4. The minimum atomic E-state index is -4.07. The Kier molecular flexibility index (Phi) is 8.74. The van der Waals surface area contributed by atoms with Gasteiger partial charge in [-0.1, -0.05) is 75.4 Å². The fourth-order valence-corrected chi connectivity index (χ4v) is 3.99. The molecule has 0 radical (unpaired) electrons. The predicted molar refractivity (Wildman–Crippen MR) is 104 cm³/mol. The van der Waals surface area contributed by atoms with E-state index in [-0.39, 0.29) is 6.42 Å². The van der Waals surface area contributed by atoms with Gasteiger partial charge >= 0.3 is 6.18 Å². The van der Waals surface area contributed by atoms with Crippen molar-refractivity contribution in [1.29, 1.82) is 0 Å². The van der Waals surface area contributed by atoms with Gasteiger partial charge in [0.2, 0.25) is 0 Å². The molecule has 1 aliphatic rings. The summed E-state index contributed by atoms with van der Waals surface area (Å²) in [5.74, 6) is 1.57. The average Bonchev–Trinajstić information content (AvgIpc) is 2.63. The summed E-state index contributed by atoms with van der Waals surface area (Å²) in [4.78, 5) is 0. The molecule has 1 fully saturated rings. The third-order valence-electron chi connectivity index (χ3n) is 5.63. The highest BCUT2D eigenvalue weighted by molar-refractivity contribution is 5.49. The summed E-state index contributed by atoms with van der Waals surface area (Å²) in [6.45, 7) is 2.26. The minimum Gasteiger partial charge on any atom is -0.171 e. The van der Waals surface area contributed by atoms with Gasteiger partial charge in [0.15, 0.2) is 0 Å². The lowest BCUT2D eigenvalue weighted by Gasteiger charge is -2.29. The molecule has 0 unspecified atom stereocenters. The highest BCUT2D eigenvalue weighted by Crippen LogP contribution is 2.37. The largest absolute Gasteiger partial charge is 0.389 e. The van der Waals surface area contributed by atoms with E-state index in [0.29, 0.717) is 5.92 Å². The minimum absolute atomic E-state index is 0.0491. The molecular formula is C23H33F3. The predicted octanol–water partition coefficient (Wildman–Crippen LogP) is 8.29. The molecule has 1 aromatic rings. The molecule has 0 spiro atoms. The van der Waals surface area contributed by atoms with Gasteiger partial charge in [0, 0.05) is 6.42 Å². The second kappa shape index (κ2) is 10.8. The summed E-state index contributed by atoms with van der Waals surface area (Å²) < 4.78 is 36.4. The highest BCUT2D eigenvalue weighted by Gasteiger charge is 2.25. The smallest absolute Gasteiger partial charge is 0.171 e. The van der Waals surface area contributed by atoms with Gasteiger partial charge in [-0.2, -0.15) is 13.2 Å².